The first kappa shape index (κ1) is 17.6. The standard InChI is InChI=1S/C20H16N2O6S/c1-25-15-5-2-3-7-17(15)29(23,24)22-20-18-16(28-21-20)11-13(14-6-4-9-26-14)12-8-10-27-19(12)18/h2-7,9,11H,8,10H2,1H3,(H,21,22). The normalized spacial score (nSPS) is 13.3. The fraction of sp³-hybridized carbons (Fsp3) is 0.150. The molecule has 29 heavy (non-hydrogen) atoms. The molecule has 0 radical (unpaired) electrons. The molecule has 5 rings (SSSR count). The van der Waals surface area contributed by atoms with Crippen LogP contribution in [0, 0.1) is 0 Å². The predicted molar refractivity (Wildman–Crippen MR) is 105 cm³/mol. The molecule has 1 N–H and O–H groups in total. The SMILES string of the molecule is COc1ccccc1S(=O)(=O)Nc1noc2cc(-c3ccco3)c3c(c12)OCC3. The summed E-state index contributed by atoms with van der Waals surface area (Å²) in [7, 11) is -2.55. The van der Waals surface area contributed by atoms with E-state index in [1.54, 1.807) is 36.6 Å². The molecule has 0 aliphatic carbocycles. The molecule has 8 nitrogen and oxygen atoms in total. The highest BCUT2D eigenvalue weighted by atomic mass is 32.2. The van der Waals surface area contributed by atoms with Crippen molar-refractivity contribution in [2.24, 2.45) is 0 Å². The molecular weight excluding hydrogens is 396 g/mol. The largest absolute Gasteiger partial charge is 0.495 e. The van der Waals surface area contributed by atoms with Crippen LogP contribution in [0.3, 0.4) is 0 Å². The molecule has 0 atom stereocenters. The van der Waals surface area contributed by atoms with Gasteiger partial charge in [-0.25, -0.2) is 8.42 Å². The minimum Gasteiger partial charge on any atom is -0.495 e. The van der Waals surface area contributed by atoms with Crippen molar-refractivity contribution >= 4 is 26.8 Å². The van der Waals surface area contributed by atoms with Crippen LogP contribution < -0.4 is 14.2 Å². The third kappa shape index (κ3) is 2.82. The molecule has 148 valence electrons. The van der Waals surface area contributed by atoms with Crippen molar-refractivity contribution in [2.75, 3.05) is 18.4 Å². The Labute approximate surface area is 166 Å². The van der Waals surface area contributed by atoms with Crippen LogP contribution in [0.1, 0.15) is 5.56 Å². The Kier molecular flexibility index (Phi) is 3.99. The first-order valence-electron chi connectivity index (χ1n) is 8.86. The van der Waals surface area contributed by atoms with Crippen LogP contribution in [0.4, 0.5) is 5.82 Å². The van der Waals surface area contributed by atoms with Crippen LogP contribution in [0.5, 0.6) is 11.5 Å². The number of nitrogens with zero attached hydrogens (tertiary/aromatic N) is 1. The average Bonchev–Trinajstić information content (AvgIpc) is 3.47. The van der Waals surface area contributed by atoms with Gasteiger partial charge in [0.2, 0.25) is 0 Å². The number of hydrogen-bond acceptors (Lipinski definition) is 7. The Morgan fingerprint density at radius 2 is 2.03 bits per heavy atom. The van der Waals surface area contributed by atoms with Gasteiger partial charge in [0.05, 0.1) is 20.0 Å². The van der Waals surface area contributed by atoms with Gasteiger partial charge in [-0.2, -0.15) is 0 Å². The molecule has 1 aliphatic heterocycles. The van der Waals surface area contributed by atoms with Crippen LogP contribution in [-0.2, 0) is 16.4 Å². The Bertz CT molecular complexity index is 1310. The number of furan rings is 1. The Morgan fingerprint density at radius 3 is 2.83 bits per heavy atom. The van der Waals surface area contributed by atoms with Crippen molar-refractivity contribution in [3.05, 3.63) is 54.3 Å². The molecule has 0 amide bonds. The van der Waals surface area contributed by atoms with Crippen LogP contribution >= 0.6 is 0 Å². The lowest BCUT2D eigenvalue weighted by molar-refractivity contribution is 0.360. The van der Waals surface area contributed by atoms with E-state index in [2.05, 4.69) is 9.88 Å². The molecule has 0 unspecified atom stereocenters. The molecule has 0 spiro atoms. The summed E-state index contributed by atoms with van der Waals surface area (Å²) in [6, 6.07) is 11.8. The molecule has 2 aromatic heterocycles. The summed E-state index contributed by atoms with van der Waals surface area (Å²) in [5.41, 5.74) is 2.16. The van der Waals surface area contributed by atoms with Crippen molar-refractivity contribution in [3.8, 4) is 22.8 Å². The van der Waals surface area contributed by atoms with Gasteiger partial charge in [-0.05, 0) is 30.3 Å². The zero-order valence-corrected chi connectivity index (χ0v) is 16.2. The number of aromatic nitrogens is 1. The topological polar surface area (TPSA) is 104 Å². The highest BCUT2D eigenvalue weighted by Gasteiger charge is 2.29. The van der Waals surface area contributed by atoms with Gasteiger partial charge in [0, 0.05) is 17.5 Å². The molecule has 4 aromatic rings. The van der Waals surface area contributed by atoms with Gasteiger partial charge in [-0.1, -0.05) is 17.3 Å². The zero-order valence-electron chi connectivity index (χ0n) is 15.3. The van der Waals surface area contributed by atoms with Gasteiger partial charge in [0.25, 0.3) is 10.0 Å². The third-order valence-electron chi connectivity index (χ3n) is 4.79. The minimum atomic E-state index is -3.96. The lowest BCUT2D eigenvalue weighted by Crippen LogP contribution is -2.14. The fourth-order valence-electron chi connectivity index (χ4n) is 3.52. The molecule has 0 saturated carbocycles. The van der Waals surface area contributed by atoms with E-state index in [1.807, 2.05) is 6.07 Å². The molecule has 9 heteroatoms. The van der Waals surface area contributed by atoms with Gasteiger partial charge in [0.1, 0.15) is 27.5 Å². The van der Waals surface area contributed by atoms with Crippen molar-refractivity contribution in [1.29, 1.82) is 0 Å². The number of methoxy groups -OCH3 is 1. The molecule has 3 heterocycles. The smallest absolute Gasteiger partial charge is 0.266 e. The van der Waals surface area contributed by atoms with Gasteiger partial charge in [-0.15, -0.1) is 0 Å². The number of anilines is 1. The van der Waals surface area contributed by atoms with E-state index in [1.165, 1.54) is 13.2 Å². The quantitative estimate of drug-likeness (QED) is 0.531. The van der Waals surface area contributed by atoms with Crippen LogP contribution in [-0.4, -0.2) is 27.3 Å². The Morgan fingerprint density at radius 1 is 1.17 bits per heavy atom. The fourth-order valence-corrected chi connectivity index (χ4v) is 4.70. The van der Waals surface area contributed by atoms with Gasteiger partial charge in [0.15, 0.2) is 11.4 Å². The first-order chi connectivity index (χ1) is 14.1. The molecule has 1 aliphatic rings. The number of nitrogens with one attached hydrogen (secondary N) is 1. The second-order valence-corrected chi connectivity index (χ2v) is 8.12. The van der Waals surface area contributed by atoms with E-state index < -0.39 is 10.0 Å². The number of rotatable bonds is 5. The van der Waals surface area contributed by atoms with Crippen molar-refractivity contribution < 1.29 is 26.8 Å². The number of hydrogen-bond donors (Lipinski definition) is 1. The number of ether oxygens (including phenoxy) is 2. The third-order valence-corrected chi connectivity index (χ3v) is 6.17. The van der Waals surface area contributed by atoms with Gasteiger partial charge >= 0.3 is 0 Å². The summed E-state index contributed by atoms with van der Waals surface area (Å²) in [5.74, 6) is 1.53. The van der Waals surface area contributed by atoms with E-state index in [9.17, 15) is 8.42 Å². The Hall–Kier alpha value is -3.46. The molecule has 0 fully saturated rings. The van der Waals surface area contributed by atoms with Crippen LogP contribution in [0.15, 0.2) is 62.6 Å². The summed E-state index contributed by atoms with van der Waals surface area (Å²) in [6.07, 6.45) is 2.26. The highest BCUT2D eigenvalue weighted by molar-refractivity contribution is 7.92. The van der Waals surface area contributed by atoms with Crippen LogP contribution in [0.25, 0.3) is 22.3 Å². The Balaban J connectivity index is 1.63. The monoisotopic (exact) mass is 412 g/mol. The van der Waals surface area contributed by atoms with E-state index in [-0.39, 0.29) is 16.5 Å². The van der Waals surface area contributed by atoms with Crippen molar-refractivity contribution in [3.63, 3.8) is 0 Å². The summed E-state index contributed by atoms with van der Waals surface area (Å²) in [4.78, 5) is 0.00317. The average molecular weight is 412 g/mol. The summed E-state index contributed by atoms with van der Waals surface area (Å²) < 4.78 is 50.3. The number of benzene rings is 2. The molecular formula is C20H16N2O6S. The second-order valence-electron chi connectivity index (χ2n) is 6.47. The van der Waals surface area contributed by atoms with Crippen LogP contribution in [0.2, 0.25) is 0 Å². The summed E-state index contributed by atoms with van der Waals surface area (Å²) in [6.45, 7) is 0.478. The molecule has 0 bridgehead atoms. The molecule has 0 saturated heterocycles. The van der Waals surface area contributed by atoms with E-state index in [4.69, 9.17) is 18.4 Å². The summed E-state index contributed by atoms with van der Waals surface area (Å²) in [5, 5.41) is 4.42. The van der Waals surface area contributed by atoms with E-state index in [0.29, 0.717) is 35.5 Å². The maximum absolute atomic E-state index is 12.9. The van der Waals surface area contributed by atoms with Gasteiger partial charge < -0.3 is 18.4 Å². The van der Waals surface area contributed by atoms with Crippen molar-refractivity contribution in [1.82, 2.24) is 5.16 Å². The maximum atomic E-state index is 12.9. The lowest BCUT2D eigenvalue weighted by Gasteiger charge is -2.10. The highest BCUT2D eigenvalue weighted by Crippen LogP contribution is 2.44. The van der Waals surface area contributed by atoms with E-state index in [0.717, 1.165) is 11.1 Å². The number of para-hydroxylation sites is 1. The minimum absolute atomic E-state index is 0.00317. The second kappa shape index (κ2) is 6.56. The maximum Gasteiger partial charge on any atom is 0.266 e. The van der Waals surface area contributed by atoms with E-state index >= 15 is 0 Å². The number of fused-ring (bicyclic) bond motifs is 3. The lowest BCUT2D eigenvalue weighted by atomic mass is 10.0. The van der Waals surface area contributed by atoms with Crippen molar-refractivity contribution in [2.45, 2.75) is 11.3 Å². The first-order valence-corrected chi connectivity index (χ1v) is 10.3. The van der Waals surface area contributed by atoms with Gasteiger partial charge in [-0.3, -0.25) is 4.72 Å². The summed E-state index contributed by atoms with van der Waals surface area (Å²) >= 11 is 0. The predicted octanol–water partition coefficient (Wildman–Crippen LogP) is 3.83. The molecule has 2 aromatic carbocycles. The number of sulfonamides is 1. The zero-order chi connectivity index (χ0) is 20.0.